The molecule has 142 valence electrons. The molecule has 1 N–H and O–H groups in total. The van der Waals surface area contributed by atoms with Gasteiger partial charge in [-0.3, -0.25) is 9.20 Å². The lowest BCUT2D eigenvalue weighted by atomic mass is 10.0. The molecular weight excluding hydrogens is 404 g/mol. The van der Waals surface area contributed by atoms with Gasteiger partial charge in [-0.2, -0.15) is 0 Å². The second-order valence-electron chi connectivity index (χ2n) is 6.56. The van der Waals surface area contributed by atoms with Gasteiger partial charge in [0, 0.05) is 33.7 Å². The van der Waals surface area contributed by atoms with Gasteiger partial charge >= 0.3 is 0 Å². The maximum absolute atomic E-state index is 13.1. The summed E-state index contributed by atoms with van der Waals surface area (Å²) in [5, 5.41) is 6.35. The lowest BCUT2D eigenvalue weighted by Crippen LogP contribution is -2.23. The van der Waals surface area contributed by atoms with E-state index < -0.39 is 0 Å². The average molecular weight is 419 g/mol. The third-order valence-electron chi connectivity index (χ3n) is 4.68. The second-order valence-corrected chi connectivity index (χ2v) is 7.84. The number of para-hydroxylation sites is 1. The number of pyridine rings is 1. The van der Waals surface area contributed by atoms with Crippen LogP contribution in [0.15, 0.2) is 72.4 Å². The van der Waals surface area contributed by atoms with Crippen molar-refractivity contribution < 1.29 is 4.79 Å². The van der Waals surface area contributed by atoms with E-state index in [1.54, 1.807) is 17.4 Å². The highest BCUT2D eigenvalue weighted by Gasteiger charge is 2.15. The normalized spacial score (nSPS) is 11.2. The van der Waals surface area contributed by atoms with E-state index >= 15 is 0 Å². The van der Waals surface area contributed by atoms with Crippen molar-refractivity contribution in [2.75, 3.05) is 0 Å². The number of hydrogen-bond donors (Lipinski definition) is 1. The molecule has 1 amide bonds. The van der Waals surface area contributed by atoms with Gasteiger partial charge in [-0.05, 0) is 18.2 Å². The van der Waals surface area contributed by atoms with Crippen molar-refractivity contribution in [1.82, 2.24) is 19.7 Å². The summed E-state index contributed by atoms with van der Waals surface area (Å²) in [7, 11) is 0. The molecule has 7 heteroatoms. The third kappa shape index (κ3) is 3.37. The quantitative estimate of drug-likeness (QED) is 0.436. The minimum Gasteiger partial charge on any atom is -0.346 e. The first-order chi connectivity index (χ1) is 14.2. The van der Waals surface area contributed by atoms with Crippen molar-refractivity contribution >= 4 is 44.7 Å². The number of carbonyl (C=O) groups excluding carboxylic acids is 1. The molecule has 0 aliphatic rings. The molecule has 0 spiro atoms. The van der Waals surface area contributed by atoms with Gasteiger partial charge in [0.1, 0.15) is 0 Å². The number of rotatable bonds is 4. The largest absolute Gasteiger partial charge is 0.346 e. The predicted octanol–water partition coefficient (Wildman–Crippen LogP) is 5.19. The molecule has 0 aliphatic heterocycles. The Bertz CT molecular complexity index is 1330. The van der Waals surface area contributed by atoms with Crippen molar-refractivity contribution in [3.05, 3.63) is 88.7 Å². The Morgan fingerprint density at radius 3 is 2.79 bits per heavy atom. The van der Waals surface area contributed by atoms with Crippen molar-refractivity contribution in [2.45, 2.75) is 6.54 Å². The van der Waals surface area contributed by atoms with Crippen LogP contribution in [0.4, 0.5) is 0 Å². The van der Waals surface area contributed by atoms with Crippen LogP contribution in [0.1, 0.15) is 16.1 Å². The summed E-state index contributed by atoms with van der Waals surface area (Å²) in [5.41, 5.74) is 3.59. The molecule has 5 rings (SSSR count). The van der Waals surface area contributed by atoms with E-state index in [9.17, 15) is 4.79 Å². The zero-order chi connectivity index (χ0) is 19.8. The molecule has 0 atom stereocenters. The van der Waals surface area contributed by atoms with Crippen LogP contribution in [0.5, 0.6) is 0 Å². The zero-order valence-electron chi connectivity index (χ0n) is 15.2. The van der Waals surface area contributed by atoms with Crippen molar-refractivity contribution in [2.24, 2.45) is 0 Å². The molecule has 0 radical (unpaired) electrons. The monoisotopic (exact) mass is 418 g/mol. The lowest BCUT2D eigenvalue weighted by molar-refractivity contribution is 0.0952. The van der Waals surface area contributed by atoms with E-state index in [0.717, 1.165) is 27.1 Å². The van der Waals surface area contributed by atoms with E-state index in [1.165, 1.54) is 0 Å². The first kappa shape index (κ1) is 17.8. The van der Waals surface area contributed by atoms with Gasteiger partial charge in [0.2, 0.25) is 0 Å². The highest BCUT2D eigenvalue weighted by atomic mass is 35.5. The molecule has 5 aromatic rings. The third-order valence-corrected chi connectivity index (χ3v) is 5.78. The van der Waals surface area contributed by atoms with Crippen LogP contribution in [0.25, 0.3) is 27.1 Å². The number of aromatic nitrogens is 3. The first-order valence-electron chi connectivity index (χ1n) is 9.03. The van der Waals surface area contributed by atoms with Crippen LogP contribution < -0.4 is 5.32 Å². The summed E-state index contributed by atoms with van der Waals surface area (Å²) in [6, 6.07) is 16.9. The van der Waals surface area contributed by atoms with Gasteiger partial charge in [-0.25, -0.2) is 9.97 Å². The highest BCUT2D eigenvalue weighted by molar-refractivity contribution is 7.15. The molecule has 0 unspecified atom stereocenters. The van der Waals surface area contributed by atoms with E-state index in [-0.39, 0.29) is 5.91 Å². The number of nitrogens with one attached hydrogen (secondary N) is 1. The smallest absolute Gasteiger partial charge is 0.252 e. The molecule has 2 aromatic carbocycles. The minimum absolute atomic E-state index is 0.173. The summed E-state index contributed by atoms with van der Waals surface area (Å²) in [6.45, 7) is 0.352. The fourth-order valence-corrected chi connectivity index (χ4v) is 4.25. The first-order valence-corrected chi connectivity index (χ1v) is 10.3. The molecule has 5 nitrogen and oxygen atoms in total. The highest BCUT2D eigenvalue weighted by Crippen LogP contribution is 2.29. The topological polar surface area (TPSA) is 59.3 Å². The van der Waals surface area contributed by atoms with Crippen LogP contribution in [-0.2, 0) is 6.54 Å². The van der Waals surface area contributed by atoms with Crippen LogP contribution >= 0.6 is 22.9 Å². The Hall–Kier alpha value is -3.22. The molecule has 29 heavy (non-hydrogen) atoms. The Morgan fingerprint density at radius 2 is 1.93 bits per heavy atom. The number of halogens is 1. The zero-order valence-corrected chi connectivity index (χ0v) is 16.7. The van der Waals surface area contributed by atoms with Crippen molar-refractivity contribution in [1.29, 1.82) is 0 Å². The Kier molecular flexibility index (Phi) is 4.50. The predicted molar refractivity (Wildman–Crippen MR) is 116 cm³/mol. The van der Waals surface area contributed by atoms with E-state index in [4.69, 9.17) is 16.6 Å². The number of amides is 1. The number of fused-ring (bicyclic) bond motifs is 2. The molecule has 0 saturated carbocycles. The Morgan fingerprint density at radius 1 is 1.10 bits per heavy atom. The number of benzene rings is 2. The number of imidazole rings is 1. The fourth-order valence-electron chi connectivity index (χ4n) is 3.30. The second kappa shape index (κ2) is 7.31. The summed E-state index contributed by atoms with van der Waals surface area (Å²) in [4.78, 5) is 23.2. The number of hydrogen-bond acceptors (Lipinski definition) is 4. The molecule has 0 fully saturated rings. The summed E-state index contributed by atoms with van der Waals surface area (Å²) >= 11 is 7.92. The Labute approximate surface area is 175 Å². The van der Waals surface area contributed by atoms with Crippen LogP contribution in [0.2, 0.25) is 5.02 Å². The van der Waals surface area contributed by atoms with Gasteiger partial charge in [0.15, 0.2) is 4.96 Å². The summed E-state index contributed by atoms with van der Waals surface area (Å²) in [6.07, 6.45) is 3.87. The average Bonchev–Trinajstić information content (AvgIpc) is 3.33. The van der Waals surface area contributed by atoms with Gasteiger partial charge in [-0.1, -0.05) is 48.0 Å². The maximum Gasteiger partial charge on any atom is 0.252 e. The molecular formula is C22H15ClN4OS. The number of thiazole rings is 1. The van der Waals surface area contributed by atoms with Crippen LogP contribution in [0.3, 0.4) is 0 Å². The summed E-state index contributed by atoms with van der Waals surface area (Å²) < 4.78 is 1.95. The van der Waals surface area contributed by atoms with Gasteiger partial charge in [-0.15, -0.1) is 11.3 Å². The van der Waals surface area contributed by atoms with Crippen molar-refractivity contribution in [3.8, 4) is 11.3 Å². The van der Waals surface area contributed by atoms with E-state index in [2.05, 4.69) is 10.3 Å². The number of carbonyl (C=O) groups is 1. The van der Waals surface area contributed by atoms with Gasteiger partial charge < -0.3 is 5.32 Å². The molecule has 0 saturated heterocycles. The van der Waals surface area contributed by atoms with Crippen molar-refractivity contribution in [3.63, 3.8) is 0 Å². The Balaban J connectivity index is 1.51. The molecule has 3 aromatic heterocycles. The summed E-state index contributed by atoms with van der Waals surface area (Å²) in [5.74, 6) is -0.173. The van der Waals surface area contributed by atoms with E-state index in [1.807, 2.05) is 70.7 Å². The minimum atomic E-state index is -0.173. The fraction of sp³-hybridized carbons (Fsp3) is 0.0455. The van der Waals surface area contributed by atoms with Crippen LogP contribution in [0, 0.1) is 0 Å². The standard InChI is InChI=1S/C22H15ClN4OS/c23-18-7-3-1-6-16(18)20-11-17(15-5-2-4-8-19(15)26-20)21(28)24-12-14-13-27-9-10-29-22(27)25-14/h1-11,13H,12H2,(H,24,28). The van der Waals surface area contributed by atoms with Gasteiger partial charge in [0.05, 0.1) is 29.0 Å². The molecule has 0 bridgehead atoms. The van der Waals surface area contributed by atoms with Gasteiger partial charge in [0.25, 0.3) is 5.91 Å². The lowest BCUT2D eigenvalue weighted by Gasteiger charge is -2.11. The number of nitrogens with zero attached hydrogens (tertiary/aromatic N) is 3. The maximum atomic E-state index is 13.1. The molecule has 0 aliphatic carbocycles. The van der Waals surface area contributed by atoms with E-state index in [0.29, 0.717) is 22.8 Å². The van der Waals surface area contributed by atoms with Crippen LogP contribution in [-0.4, -0.2) is 20.3 Å². The molecule has 3 heterocycles. The SMILES string of the molecule is O=C(NCc1cn2ccsc2n1)c1cc(-c2ccccc2Cl)nc2ccccc12.